The first-order chi connectivity index (χ1) is 15.5. The molecule has 2 saturated carbocycles. The molecular formula is C26H25ClO5. The molecule has 1 heterocycles. The molecule has 32 heavy (non-hydrogen) atoms. The molecule has 2 aromatic carbocycles. The Labute approximate surface area is 191 Å². The highest BCUT2D eigenvalue weighted by Crippen LogP contribution is 2.43. The molecule has 0 radical (unpaired) electrons. The van der Waals surface area contributed by atoms with Crippen LogP contribution in [0.15, 0.2) is 64.0 Å². The number of fused-ring (bicyclic) bond motifs is 1. The number of benzene rings is 2. The molecule has 6 heteroatoms. The second-order valence-electron chi connectivity index (χ2n) is 8.62. The van der Waals surface area contributed by atoms with E-state index < -0.39 is 0 Å². The van der Waals surface area contributed by atoms with Gasteiger partial charge in [-0.2, -0.15) is 0 Å². The lowest BCUT2D eigenvalue weighted by molar-refractivity contribution is -0.0388. The molecule has 2 aliphatic carbocycles. The summed E-state index contributed by atoms with van der Waals surface area (Å²) in [4.78, 5) is 12.7. The molecule has 0 aliphatic heterocycles. The first-order valence-corrected chi connectivity index (χ1v) is 11.4. The van der Waals surface area contributed by atoms with E-state index in [0.29, 0.717) is 52.2 Å². The minimum Gasteiger partial charge on any atom is -0.513 e. The van der Waals surface area contributed by atoms with E-state index in [1.165, 1.54) is 24.5 Å². The normalized spacial score (nSPS) is 20.2. The van der Waals surface area contributed by atoms with Crippen molar-refractivity contribution in [1.29, 1.82) is 0 Å². The summed E-state index contributed by atoms with van der Waals surface area (Å²) in [6, 6.07) is 12.7. The molecule has 0 unspecified atom stereocenters. The van der Waals surface area contributed by atoms with E-state index in [2.05, 4.69) is 12.6 Å². The van der Waals surface area contributed by atoms with Crippen LogP contribution in [-0.4, -0.2) is 24.4 Å². The Bertz CT molecular complexity index is 1220. The Morgan fingerprint density at radius 2 is 1.97 bits per heavy atom. The zero-order chi connectivity index (χ0) is 22.2. The van der Waals surface area contributed by atoms with Gasteiger partial charge in [0.1, 0.15) is 18.1 Å². The number of aliphatic hydroxyl groups excluding tert-OH is 1. The largest absolute Gasteiger partial charge is 0.513 e. The maximum Gasteiger partial charge on any atom is 0.193 e. The molecule has 5 nitrogen and oxygen atoms in total. The molecule has 0 saturated heterocycles. The quantitative estimate of drug-likeness (QED) is 0.324. The summed E-state index contributed by atoms with van der Waals surface area (Å²) in [5, 5.41) is 10.3. The van der Waals surface area contributed by atoms with Crippen LogP contribution in [-0.2, 0) is 4.74 Å². The Balaban J connectivity index is 1.36. The molecule has 1 N–H and O–H groups in total. The van der Waals surface area contributed by atoms with Crippen molar-refractivity contribution in [1.82, 2.24) is 0 Å². The van der Waals surface area contributed by atoms with Crippen LogP contribution in [0.3, 0.4) is 0 Å². The maximum absolute atomic E-state index is 12.7. The fourth-order valence-electron chi connectivity index (χ4n) is 4.15. The van der Waals surface area contributed by atoms with E-state index in [9.17, 15) is 9.90 Å². The van der Waals surface area contributed by atoms with Crippen molar-refractivity contribution in [2.75, 3.05) is 13.2 Å². The highest BCUT2D eigenvalue weighted by atomic mass is 35.5. The summed E-state index contributed by atoms with van der Waals surface area (Å²) in [5.74, 6) is 2.05. The Kier molecular flexibility index (Phi) is 5.70. The van der Waals surface area contributed by atoms with Gasteiger partial charge in [0.05, 0.1) is 34.4 Å². The van der Waals surface area contributed by atoms with Crippen LogP contribution in [0.1, 0.15) is 37.2 Å². The van der Waals surface area contributed by atoms with Crippen LogP contribution >= 0.6 is 11.6 Å². The zero-order valence-corrected chi connectivity index (χ0v) is 18.4. The van der Waals surface area contributed by atoms with E-state index in [4.69, 9.17) is 25.5 Å². The molecule has 3 aromatic rings. The predicted octanol–water partition coefficient (Wildman–Crippen LogP) is 6.24. The summed E-state index contributed by atoms with van der Waals surface area (Å²) < 4.78 is 18.0. The third-order valence-corrected chi connectivity index (χ3v) is 6.58. The van der Waals surface area contributed by atoms with Crippen LogP contribution in [0, 0.1) is 5.92 Å². The summed E-state index contributed by atoms with van der Waals surface area (Å²) in [5.41, 5.74) is 2.18. The minimum atomic E-state index is -0.144. The van der Waals surface area contributed by atoms with Crippen molar-refractivity contribution in [3.63, 3.8) is 0 Å². The molecule has 2 aliphatic rings. The topological polar surface area (TPSA) is 68.9 Å². The van der Waals surface area contributed by atoms with Crippen LogP contribution < -0.4 is 10.2 Å². The lowest BCUT2D eigenvalue weighted by Crippen LogP contribution is -2.33. The highest BCUT2D eigenvalue weighted by molar-refractivity contribution is 6.34. The average molecular weight is 453 g/mol. The van der Waals surface area contributed by atoms with Crippen molar-refractivity contribution >= 4 is 22.6 Å². The van der Waals surface area contributed by atoms with E-state index in [-0.39, 0.29) is 23.2 Å². The average Bonchev–Trinajstić information content (AvgIpc) is 3.58. The second kappa shape index (κ2) is 8.64. The van der Waals surface area contributed by atoms with Gasteiger partial charge in [-0.05, 0) is 61.4 Å². The summed E-state index contributed by atoms with van der Waals surface area (Å²) >= 11 is 6.28. The zero-order valence-electron chi connectivity index (χ0n) is 17.7. The van der Waals surface area contributed by atoms with E-state index in [0.717, 1.165) is 12.8 Å². The Morgan fingerprint density at radius 3 is 2.72 bits per heavy atom. The highest BCUT2D eigenvalue weighted by Gasteiger charge is 2.31. The number of rotatable bonds is 8. The molecule has 5 rings (SSSR count). The number of ether oxygens (including phenoxy) is 2. The molecule has 0 bridgehead atoms. The van der Waals surface area contributed by atoms with Gasteiger partial charge < -0.3 is 19.0 Å². The molecule has 0 atom stereocenters. The number of hydrogen-bond acceptors (Lipinski definition) is 5. The van der Waals surface area contributed by atoms with E-state index >= 15 is 0 Å². The fraction of sp³-hybridized carbons (Fsp3) is 0.346. The van der Waals surface area contributed by atoms with Crippen LogP contribution in [0.4, 0.5) is 0 Å². The second-order valence-corrected chi connectivity index (χ2v) is 9.03. The van der Waals surface area contributed by atoms with Gasteiger partial charge >= 0.3 is 0 Å². The van der Waals surface area contributed by atoms with Gasteiger partial charge in [0.2, 0.25) is 0 Å². The first-order valence-electron chi connectivity index (χ1n) is 11.0. The van der Waals surface area contributed by atoms with Gasteiger partial charge in [-0.3, -0.25) is 4.79 Å². The molecular weight excluding hydrogens is 428 g/mol. The molecule has 0 amide bonds. The SMILES string of the molecule is C=C(O)C1CC(OCCOc2cc(C3CC3)ccc2-c2cc(=O)c3cccc(Cl)c3o2)C1. The summed E-state index contributed by atoms with van der Waals surface area (Å²) in [7, 11) is 0. The van der Waals surface area contributed by atoms with E-state index in [1.54, 1.807) is 18.2 Å². The van der Waals surface area contributed by atoms with Crippen LogP contribution in [0.5, 0.6) is 5.75 Å². The van der Waals surface area contributed by atoms with Crippen molar-refractivity contribution in [3.05, 3.63) is 75.6 Å². The standard InChI is InChI=1S/C26H25ClO5/c1-15(28)18-11-19(12-18)30-9-10-31-24-13-17(16-5-6-16)7-8-21(24)25-14-23(29)20-3-2-4-22(27)26(20)32-25/h2-4,7-8,13-14,16,18-19,28H,1,5-6,9-12H2. The minimum absolute atomic E-state index is 0.130. The number of hydrogen-bond donors (Lipinski definition) is 1. The summed E-state index contributed by atoms with van der Waals surface area (Å²) in [6.07, 6.45) is 4.08. The van der Waals surface area contributed by atoms with Gasteiger partial charge in [-0.15, -0.1) is 0 Å². The van der Waals surface area contributed by atoms with Gasteiger partial charge in [0, 0.05) is 12.0 Å². The first kappa shape index (κ1) is 21.1. The van der Waals surface area contributed by atoms with Crippen molar-refractivity contribution in [2.45, 2.75) is 37.7 Å². The van der Waals surface area contributed by atoms with Crippen molar-refractivity contribution in [3.8, 4) is 17.1 Å². The monoisotopic (exact) mass is 452 g/mol. The lowest BCUT2D eigenvalue weighted by Gasteiger charge is -2.34. The third kappa shape index (κ3) is 4.27. The molecule has 2 fully saturated rings. The summed E-state index contributed by atoms with van der Waals surface area (Å²) in [6.45, 7) is 4.40. The Morgan fingerprint density at radius 1 is 1.16 bits per heavy atom. The van der Waals surface area contributed by atoms with E-state index in [1.807, 2.05) is 12.1 Å². The van der Waals surface area contributed by atoms with Gasteiger partial charge in [-0.1, -0.05) is 30.3 Å². The van der Waals surface area contributed by atoms with Gasteiger partial charge in [0.25, 0.3) is 0 Å². The predicted molar refractivity (Wildman–Crippen MR) is 125 cm³/mol. The fourth-order valence-corrected chi connectivity index (χ4v) is 4.36. The maximum atomic E-state index is 12.7. The number of para-hydroxylation sites is 1. The number of aliphatic hydroxyl groups is 1. The Hall–Kier alpha value is -2.76. The smallest absolute Gasteiger partial charge is 0.193 e. The van der Waals surface area contributed by atoms with Crippen LogP contribution in [0.2, 0.25) is 5.02 Å². The van der Waals surface area contributed by atoms with Gasteiger partial charge in [0.15, 0.2) is 11.0 Å². The number of halogens is 1. The molecule has 166 valence electrons. The number of allylic oxidation sites excluding steroid dienone is 1. The molecule has 0 spiro atoms. The molecule has 1 aromatic heterocycles. The van der Waals surface area contributed by atoms with Crippen LogP contribution in [0.25, 0.3) is 22.3 Å². The lowest BCUT2D eigenvalue weighted by atomic mass is 9.81. The van der Waals surface area contributed by atoms with Crippen molar-refractivity contribution in [2.24, 2.45) is 5.92 Å². The van der Waals surface area contributed by atoms with Gasteiger partial charge in [-0.25, -0.2) is 0 Å². The van der Waals surface area contributed by atoms with Crippen molar-refractivity contribution < 1.29 is 19.0 Å². The third-order valence-electron chi connectivity index (χ3n) is 6.29.